The fraction of sp³-hybridized carbons (Fsp3) is 1.00. The second-order valence-corrected chi connectivity index (χ2v) is 6.20. The molecule has 0 atom stereocenters. The van der Waals surface area contributed by atoms with Gasteiger partial charge in [0.1, 0.15) is 0 Å². The first-order valence-electron chi connectivity index (χ1n) is 9.26. The molecule has 0 aliphatic rings. The van der Waals surface area contributed by atoms with Crippen LogP contribution in [0.25, 0.3) is 0 Å². The largest absolute Gasteiger partial charge is 0.788 e. The van der Waals surface area contributed by atoms with Gasteiger partial charge in [-0.05, 0) is 13.0 Å². The summed E-state index contributed by atoms with van der Waals surface area (Å²) < 4.78 is 0. The summed E-state index contributed by atoms with van der Waals surface area (Å²) in [6.45, 7) is 2.92. The molecule has 0 radical (unpaired) electrons. The molecule has 0 aliphatic heterocycles. The lowest BCUT2D eigenvalue weighted by Crippen LogP contribution is -2.04. The molecular formula is C18H38NO-. The highest BCUT2D eigenvalue weighted by Crippen LogP contribution is 2.13. The Labute approximate surface area is 127 Å². The summed E-state index contributed by atoms with van der Waals surface area (Å²) in [6.07, 6.45) is 22.1. The Bertz CT molecular complexity index is 143. The van der Waals surface area contributed by atoms with Crippen LogP contribution in [-0.2, 0) is 0 Å². The zero-order chi connectivity index (χ0) is 14.7. The zero-order valence-corrected chi connectivity index (χ0v) is 13.9. The molecule has 0 saturated carbocycles. The summed E-state index contributed by atoms with van der Waals surface area (Å²) in [5.74, 6) is 0. The molecule has 122 valence electrons. The third-order valence-corrected chi connectivity index (χ3v) is 4.13. The van der Waals surface area contributed by atoms with E-state index in [1.165, 1.54) is 96.3 Å². The van der Waals surface area contributed by atoms with Crippen molar-refractivity contribution < 1.29 is 0 Å². The standard InChI is InChI=1S/C18H38NO/c1-2-3-4-5-6-7-8-9-10-11-12-13-14-15-16-17-18-19-20/h19H,2-18H2,1H3/q-1. The minimum absolute atomic E-state index is 0.637. The Kier molecular flexibility index (Phi) is 18.8. The van der Waals surface area contributed by atoms with E-state index in [2.05, 4.69) is 6.92 Å². The quantitative estimate of drug-likeness (QED) is 0.250. The number of rotatable bonds is 17. The maximum Gasteiger partial charge on any atom is -0.0170 e. The van der Waals surface area contributed by atoms with Crippen molar-refractivity contribution in [1.29, 1.82) is 0 Å². The van der Waals surface area contributed by atoms with Crippen molar-refractivity contribution in [2.75, 3.05) is 6.54 Å². The van der Waals surface area contributed by atoms with E-state index in [0.29, 0.717) is 6.54 Å². The summed E-state index contributed by atoms with van der Waals surface area (Å²) in [5, 5.41) is 10.0. The van der Waals surface area contributed by atoms with Gasteiger partial charge in [-0.3, -0.25) is 0 Å². The highest BCUT2D eigenvalue weighted by Gasteiger charge is 1.94. The van der Waals surface area contributed by atoms with Gasteiger partial charge in [-0.2, -0.15) is 0 Å². The van der Waals surface area contributed by atoms with Gasteiger partial charge in [0.2, 0.25) is 0 Å². The van der Waals surface area contributed by atoms with Crippen LogP contribution in [0.5, 0.6) is 0 Å². The van der Waals surface area contributed by atoms with Gasteiger partial charge in [0, 0.05) is 0 Å². The second kappa shape index (κ2) is 18.9. The predicted octanol–water partition coefficient (Wildman–Crippen LogP) is 6.34. The molecule has 1 N–H and O–H groups in total. The molecule has 0 amide bonds. The normalized spacial score (nSPS) is 11.1. The monoisotopic (exact) mass is 284 g/mol. The van der Waals surface area contributed by atoms with Crippen molar-refractivity contribution in [3.8, 4) is 0 Å². The first-order valence-corrected chi connectivity index (χ1v) is 9.26. The maximum atomic E-state index is 10.0. The van der Waals surface area contributed by atoms with Gasteiger partial charge < -0.3 is 10.7 Å². The maximum absolute atomic E-state index is 10.0. The van der Waals surface area contributed by atoms with Crippen molar-refractivity contribution >= 4 is 0 Å². The number of hydrogen-bond acceptors (Lipinski definition) is 2. The molecule has 0 unspecified atom stereocenters. The lowest BCUT2D eigenvalue weighted by molar-refractivity contribution is 0.528. The van der Waals surface area contributed by atoms with Crippen LogP contribution < -0.4 is 5.48 Å². The van der Waals surface area contributed by atoms with Crippen molar-refractivity contribution in [2.45, 2.75) is 110 Å². The average Bonchev–Trinajstić information content (AvgIpc) is 2.47. The number of hydroxylamine groups is 1. The lowest BCUT2D eigenvalue weighted by Gasteiger charge is -2.06. The molecular weight excluding hydrogens is 246 g/mol. The number of unbranched alkanes of at least 4 members (excludes halogenated alkanes) is 15. The van der Waals surface area contributed by atoms with Crippen molar-refractivity contribution in [1.82, 2.24) is 5.48 Å². The molecule has 0 saturated heterocycles. The van der Waals surface area contributed by atoms with E-state index < -0.39 is 0 Å². The minimum atomic E-state index is 0.637. The van der Waals surface area contributed by atoms with Gasteiger partial charge in [-0.15, -0.1) is 0 Å². The summed E-state index contributed by atoms with van der Waals surface area (Å²) >= 11 is 0. The molecule has 0 bridgehead atoms. The summed E-state index contributed by atoms with van der Waals surface area (Å²) in [4.78, 5) is 0. The van der Waals surface area contributed by atoms with E-state index in [1.807, 2.05) is 5.48 Å². The summed E-state index contributed by atoms with van der Waals surface area (Å²) in [6, 6.07) is 0. The highest BCUT2D eigenvalue weighted by molar-refractivity contribution is 4.51. The molecule has 20 heavy (non-hydrogen) atoms. The first-order chi connectivity index (χ1) is 9.91. The Morgan fingerprint density at radius 1 is 0.500 bits per heavy atom. The van der Waals surface area contributed by atoms with Crippen LogP contribution in [0.3, 0.4) is 0 Å². The second-order valence-electron chi connectivity index (χ2n) is 6.20. The van der Waals surface area contributed by atoms with Crippen LogP contribution in [0.2, 0.25) is 0 Å². The van der Waals surface area contributed by atoms with E-state index in [1.54, 1.807) is 0 Å². The third-order valence-electron chi connectivity index (χ3n) is 4.13. The van der Waals surface area contributed by atoms with Crippen LogP contribution in [0.1, 0.15) is 110 Å². The average molecular weight is 285 g/mol. The molecule has 0 fully saturated rings. The van der Waals surface area contributed by atoms with E-state index in [-0.39, 0.29) is 0 Å². The Hall–Kier alpha value is -0.0800. The zero-order valence-electron chi connectivity index (χ0n) is 13.9. The van der Waals surface area contributed by atoms with Crippen molar-refractivity contribution in [3.63, 3.8) is 0 Å². The van der Waals surface area contributed by atoms with Gasteiger partial charge in [0.15, 0.2) is 0 Å². The lowest BCUT2D eigenvalue weighted by atomic mass is 10.0. The minimum Gasteiger partial charge on any atom is -0.788 e. The molecule has 0 aromatic carbocycles. The fourth-order valence-corrected chi connectivity index (χ4v) is 2.75. The van der Waals surface area contributed by atoms with Crippen LogP contribution in [-0.4, -0.2) is 6.54 Å². The third kappa shape index (κ3) is 17.9. The van der Waals surface area contributed by atoms with Gasteiger partial charge in [0.25, 0.3) is 0 Å². The van der Waals surface area contributed by atoms with Crippen LogP contribution in [0, 0.1) is 5.21 Å². The molecule has 0 aromatic rings. The molecule has 2 heteroatoms. The van der Waals surface area contributed by atoms with Gasteiger partial charge >= 0.3 is 0 Å². The smallest absolute Gasteiger partial charge is 0.0170 e. The van der Waals surface area contributed by atoms with Gasteiger partial charge in [-0.1, -0.05) is 103 Å². The molecule has 0 aromatic heterocycles. The van der Waals surface area contributed by atoms with Crippen LogP contribution in [0.4, 0.5) is 0 Å². The molecule has 0 spiro atoms. The topological polar surface area (TPSA) is 35.1 Å². The molecule has 0 heterocycles. The van der Waals surface area contributed by atoms with Crippen LogP contribution in [0.15, 0.2) is 0 Å². The van der Waals surface area contributed by atoms with E-state index >= 15 is 0 Å². The first kappa shape index (κ1) is 19.9. The Morgan fingerprint density at radius 2 is 0.800 bits per heavy atom. The fourth-order valence-electron chi connectivity index (χ4n) is 2.75. The van der Waals surface area contributed by atoms with Crippen LogP contribution >= 0.6 is 0 Å². The summed E-state index contributed by atoms with van der Waals surface area (Å²) in [5.41, 5.74) is 1.97. The predicted molar refractivity (Wildman–Crippen MR) is 90.9 cm³/mol. The van der Waals surface area contributed by atoms with Crippen molar-refractivity contribution in [3.05, 3.63) is 5.21 Å². The highest BCUT2D eigenvalue weighted by atomic mass is 16.5. The SMILES string of the molecule is CCCCCCCCCCCCCCCCCCN[O-]. The Balaban J connectivity index is 2.89. The molecule has 0 rings (SSSR count). The summed E-state index contributed by atoms with van der Waals surface area (Å²) in [7, 11) is 0. The van der Waals surface area contributed by atoms with Gasteiger partial charge in [-0.25, -0.2) is 0 Å². The van der Waals surface area contributed by atoms with E-state index in [9.17, 15) is 5.21 Å². The number of nitrogens with one attached hydrogen (secondary N) is 1. The van der Waals surface area contributed by atoms with E-state index in [0.717, 1.165) is 6.42 Å². The molecule has 2 nitrogen and oxygen atoms in total. The van der Waals surface area contributed by atoms with Gasteiger partial charge in [0.05, 0.1) is 0 Å². The molecule has 0 aliphatic carbocycles. The van der Waals surface area contributed by atoms with Crippen molar-refractivity contribution in [2.24, 2.45) is 0 Å². The Morgan fingerprint density at radius 3 is 1.10 bits per heavy atom. The number of hydrogen-bond donors (Lipinski definition) is 1. The van der Waals surface area contributed by atoms with E-state index in [4.69, 9.17) is 0 Å².